The number of hydrogen-bond donors (Lipinski definition) is 1. The Morgan fingerprint density at radius 1 is 1.33 bits per heavy atom. The lowest BCUT2D eigenvalue weighted by molar-refractivity contribution is -0.140. The second kappa shape index (κ2) is 6.91. The molecule has 1 N–H and O–H groups in total. The Morgan fingerprint density at radius 2 is 2.00 bits per heavy atom. The predicted molar refractivity (Wildman–Crippen MR) is 76.6 cm³/mol. The molecule has 1 saturated heterocycles. The van der Waals surface area contributed by atoms with Crippen LogP contribution in [0.3, 0.4) is 0 Å². The van der Waals surface area contributed by atoms with Crippen LogP contribution >= 0.6 is 0 Å². The number of carbonyl (C=O) groups excluding carboxylic acids is 2. The first kappa shape index (κ1) is 15.8. The zero-order chi connectivity index (χ0) is 15.4. The highest BCUT2D eigenvalue weighted by Gasteiger charge is 2.39. The minimum Gasteiger partial charge on any atom is -0.481 e. The molecule has 1 heterocycles. The molecular formula is C15H24N2O4. The van der Waals surface area contributed by atoms with E-state index in [-0.39, 0.29) is 37.1 Å². The molecule has 0 unspecified atom stereocenters. The Bertz CT molecular complexity index is 418. The van der Waals surface area contributed by atoms with E-state index in [0.717, 1.165) is 25.7 Å². The first-order chi connectivity index (χ1) is 10.0. The highest BCUT2D eigenvalue weighted by Crippen LogP contribution is 2.30. The van der Waals surface area contributed by atoms with Crippen LogP contribution in [0.25, 0.3) is 0 Å². The van der Waals surface area contributed by atoms with E-state index in [4.69, 9.17) is 5.11 Å². The van der Waals surface area contributed by atoms with Gasteiger partial charge in [-0.05, 0) is 19.8 Å². The molecule has 0 bridgehead atoms. The van der Waals surface area contributed by atoms with Gasteiger partial charge >= 0.3 is 5.97 Å². The Kier molecular flexibility index (Phi) is 5.20. The summed E-state index contributed by atoms with van der Waals surface area (Å²) in [5.74, 6) is -1.20. The summed E-state index contributed by atoms with van der Waals surface area (Å²) in [5.41, 5.74) is 0. The Hall–Kier alpha value is -1.59. The number of amides is 2. The second-order valence-corrected chi connectivity index (χ2v) is 5.95. The minimum atomic E-state index is -0.906. The van der Waals surface area contributed by atoms with E-state index in [1.165, 1.54) is 0 Å². The van der Waals surface area contributed by atoms with Crippen molar-refractivity contribution in [2.75, 3.05) is 19.6 Å². The maximum Gasteiger partial charge on any atom is 0.305 e. The number of carboxylic acids is 1. The summed E-state index contributed by atoms with van der Waals surface area (Å²) in [4.78, 5) is 38.6. The zero-order valence-corrected chi connectivity index (χ0v) is 12.6. The van der Waals surface area contributed by atoms with Crippen LogP contribution in [-0.2, 0) is 14.4 Å². The van der Waals surface area contributed by atoms with Gasteiger partial charge in [0.2, 0.25) is 11.8 Å². The van der Waals surface area contributed by atoms with Crippen LogP contribution in [0, 0.1) is 5.92 Å². The number of rotatable bonds is 6. The predicted octanol–water partition coefficient (Wildman–Crippen LogP) is 1.10. The highest BCUT2D eigenvalue weighted by molar-refractivity contribution is 5.89. The molecule has 0 aromatic carbocycles. The first-order valence-electron chi connectivity index (χ1n) is 7.83. The van der Waals surface area contributed by atoms with Gasteiger partial charge in [-0.3, -0.25) is 14.4 Å². The van der Waals surface area contributed by atoms with Crippen molar-refractivity contribution in [3.63, 3.8) is 0 Å². The first-order valence-corrected chi connectivity index (χ1v) is 7.83. The maximum atomic E-state index is 12.4. The van der Waals surface area contributed by atoms with Crippen LogP contribution in [0.15, 0.2) is 0 Å². The smallest absolute Gasteiger partial charge is 0.305 e. The Morgan fingerprint density at radius 3 is 2.57 bits per heavy atom. The summed E-state index contributed by atoms with van der Waals surface area (Å²) in [6.45, 7) is 3.05. The summed E-state index contributed by atoms with van der Waals surface area (Å²) in [6.07, 6.45) is 4.64. The lowest BCUT2D eigenvalue weighted by atomic mass is 10.1. The van der Waals surface area contributed by atoms with E-state index in [2.05, 4.69) is 0 Å². The molecule has 0 aromatic heterocycles. The molecule has 2 aliphatic rings. The van der Waals surface area contributed by atoms with Gasteiger partial charge in [0.15, 0.2) is 0 Å². The Balaban J connectivity index is 1.93. The third-order valence-corrected chi connectivity index (χ3v) is 4.56. The quantitative estimate of drug-likeness (QED) is 0.796. The number of carboxylic acid groups (broad SMARTS) is 1. The molecule has 2 rings (SSSR count). The topological polar surface area (TPSA) is 77.9 Å². The summed E-state index contributed by atoms with van der Waals surface area (Å²) in [7, 11) is 0. The summed E-state index contributed by atoms with van der Waals surface area (Å²) < 4.78 is 0. The van der Waals surface area contributed by atoms with Crippen molar-refractivity contribution < 1.29 is 19.5 Å². The highest BCUT2D eigenvalue weighted by atomic mass is 16.4. The van der Waals surface area contributed by atoms with Crippen LogP contribution in [-0.4, -0.2) is 58.4 Å². The van der Waals surface area contributed by atoms with E-state index < -0.39 is 5.97 Å². The van der Waals surface area contributed by atoms with Crippen molar-refractivity contribution in [1.82, 2.24) is 9.80 Å². The second-order valence-electron chi connectivity index (χ2n) is 5.95. The molecule has 2 amide bonds. The molecule has 0 spiro atoms. The van der Waals surface area contributed by atoms with Crippen LogP contribution in [0.2, 0.25) is 0 Å². The lowest BCUT2D eigenvalue weighted by Gasteiger charge is -2.26. The maximum absolute atomic E-state index is 12.4. The molecule has 6 heteroatoms. The largest absolute Gasteiger partial charge is 0.481 e. The molecule has 0 radical (unpaired) electrons. The van der Waals surface area contributed by atoms with Crippen molar-refractivity contribution in [2.45, 2.75) is 51.5 Å². The van der Waals surface area contributed by atoms with Gasteiger partial charge in [0.05, 0.1) is 12.3 Å². The average Bonchev–Trinajstić information content (AvgIpc) is 3.07. The molecule has 1 saturated carbocycles. The molecule has 118 valence electrons. The van der Waals surface area contributed by atoms with Crippen molar-refractivity contribution >= 4 is 17.8 Å². The third kappa shape index (κ3) is 3.74. The van der Waals surface area contributed by atoms with E-state index in [1.54, 1.807) is 4.90 Å². The van der Waals surface area contributed by atoms with Gasteiger partial charge < -0.3 is 14.9 Å². The van der Waals surface area contributed by atoms with Gasteiger partial charge in [-0.2, -0.15) is 0 Å². The normalized spacial score (nSPS) is 22.8. The summed E-state index contributed by atoms with van der Waals surface area (Å²) in [5, 5.41) is 8.73. The van der Waals surface area contributed by atoms with E-state index >= 15 is 0 Å². The monoisotopic (exact) mass is 296 g/mol. The molecule has 0 aromatic rings. The van der Waals surface area contributed by atoms with E-state index in [9.17, 15) is 14.4 Å². The van der Waals surface area contributed by atoms with Crippen LogP contribution < -0.4 is 0 Å². The lowest BCUT2D eigenvalue weighted by Crippen LogP contribution is -2.40. The van der Waals surface area contributed by atoms with E-state index in [1.807, 2.05) is 11.8 Å². The van der Waals surface area contributed by atoms with Gasteiger partial charge in [0.25, 0.3) is 0 Å². The fourth-order valence-electron chi connectivity index (χ4n) is 3.38. The van der Waals surface area contributed by atoms with Gasteiger partial charge in [0, 0.05) is 32.1 Å². The third-order valence-electron chi connectivity index (χ3n) is 4.56. The molecular weight excluding hydrogens is 272 g/mol. The van der Waals surface area contributed by atoms with Gasteiger partial charge in [-0.25, -0.2) is 0 Å². The van der Waals surface area contributed by atoms with Crippen molar-refractivity contribution in [2.24, 2.45) is 5.92 Å². The summed E-state index contributed by atoms with van der Waals surface area (Å²) in [6, 6.07) is 0.310. The van der Waals surface area contributed by atoms with Crippen LogP contribution in [0.5, 0.6) is 0 Å². The van der Waals surface area contributed by atoms with Gasteiger partial charge in [-0.1, -0.05) is 12.8 Å². The SMILES string of the molecule is CCN(CCC(=O)O)C(=O)[C@H]1CC(=O)N(C2CCCC2)C1. The number of likely N-dealkylation sites (tertiary alicyclic amines) is 1. The fraction of sp³-hybridized carbons (Fsp3) is 0.800. The van der Waals surface area contributed by atoms with Crippen LogP contribution in [0.1, 0.15) is 45.4 Å². The van der Waals surface area contributed by atoms with Crippen LogP contribution in [0.4, 0.5) is 0 Å². The fourth-order valence-corrected chi connectivity index (χ4v) is 3.38. The van der Waals surface area contributed by atoms with Crippen molar-refractivity contribution in [1.29, 1.82) is 0 Å². The Labute approximate surface area is 125 Å². The van der Waals surface area contributed by atoms with Crippen molar-refractivity contribution in [3.05, 3.63) is 0 Å². The molecule has 1 atom stereocenters. The minimum absolute atomic E-state index is 0.0490. The van der Waals surface area contributed by atoms with Gasteiger partial charge in [-0.15, -0.1) is 0 Å². The molecule has 1 aliphatic heterocycles. The molecule has 21 heavy (non-hydrogen) atoms. The number of hydrogen-bond acceptors (Lipinski definition) is 3. The number of carbonyl (C=O) groups is 3. The van der Waals surface area contributed by atoms with Gasteiger partial charge in [0.1, 0.15) is 0 Å². The molecule has 1 aliphatic carbocycles. The number of aliphatic carboxylic acids is 1. The zero-order valence-electron chi connectivity index (χ0n) is 12.6. The van der Waals surface area contributed by atoms with E-state index in [0.29, 0.717) is 19.1 Å². The van der Waals surface area contributed by atoms with Crippen molar-refractivity contribution in [3.8, 4) is 0 Å². The number of nitrogens with zero attached hydrogens (tertiary/aromatic N) is 2. The molecule has 2 fully saturated rings. The molecule has 6 nitrogen and oxygen atoms in total. The average molecular weight is 296 g/mol. The standard InChI is InChI=1S/C15H24N2O4/c1-2-16(8-7-14(19)20)15(21)11-9-13(18)17(10-11)12-5-3-4-6-12/h11-12H,2-10H2,1H3,(H,19,20)/t11-/m0/s1. The summed E-state index contributed by atoms with van der Waals surface area (Å²) >= 11 is 0.